The Morgan fingerprint density at radius 2 is 1.81 bits per heavy atom. The molecule has 3 heterocycles. The number of aromatic nitrogens is 1. The molecule has 2 aromatic carbocycles. The molecule has 0 bridgehead atoms. The highest BCUT2D eigenvalue weighted by Gasteiger charge is 2.33. The van der Waals surface area contributed by atoms with Crippen LogP contribution in [0.15, 0.2) is 42.6 Å². The van der Waals surface area contributed by atoms with Gasteiger partial charge in [0, 0.05) is 61.9 Å². The Hall–Kier alpha value is -3.76. The average molecular weight is 496 g/mol. The summed E-state index contributed by atoms with van der Waals surface area (Å²) in [6.07, 6.45) is 1.73. The number of hydrogen-bond acceptors (Lipinski definition) is 7. The topological polar surface area (TPSA) is 114 Å². The molecule has 0 aliphatic carbocycles. The number of aryl methyl sites for hydroxylation is 1. The third-order valence-electron chi connectivity index (χ3n) is 6.83. The fourth-order valence-corrected chi connectivity index (χ4v) is 5.01. The zero-order valence-corrected chi connectivity index (χ0v) is 20.1. The van der Waals surface area contributed by atoms with Gasteiger partial charge >= 0.3 is 11.9 Å². The van der Waals surface area contributed by atoms with Gasteiger partial charge < -0.3 is 29.0 Å². The molecule has 3 aromatic rings. The Bertz CT molecular complexity index is 1280. The highest BCUT2D eigenvalue weighted by Crippen LogP contribution is 2.35. The van der Waals surface area contributed by atoms with E-state index in [-0.39, 0.29) is 19.8 Å². The number of aliphatic carboxylic acids is 2. The Morgan fingerprint density at radius 1 is 1.03 bits per heavy atom. The molecule has 2 aliphatic rings. The van der Waals surface area contributed by atoms with Crippen molar-refractivity contribution in [1.82, 2.24) is 14.4 Å². The molecule has 0 amide bonds. The lowest BCUT2D eigenvalue weighted by atomic mass is 10.0. The van der Waals surface area contributed by atoms with Crippen molar-refractivity contribution >= 4 is 22.8 Å². The van der Waals surface area contributed by atoms with E-state index in [4.69, 9.17) is 19.3 Å². The second-order valence-electron chi connectivity index (χ2n) is 9.05. The van der Waals surface area contributed by atoms with E-state index in [1.54, 1.807) is 19.4 Å². The first-order valence-electron chi connectivity index (χ1n) is 11.9. The van der Waals surface area contributed by atoms with Crippen LogP contribution in [0.1, 0.15) is 23.6 Å². The minimum atomic E-state index is -0.931. The smallest absolute Gasteiger partial charge is 0.325 e. The summed E-state index contributed by atoms with van der Waals surface area (Å²) in [6, 6.07) is 10.6. The highest BCUT2D eigenvalue weighted by molar-refractivity contribution is 5.90. The molecule has 0 unspecified atom stereocenters. The molecule has 36 heavy (non-hydrogen) atoms. The lowest BCUT2D eigenvalue weighted by Crippen LogP contribution is -2.48. The van der Waals surface area contributed by atoms with Crippen molar-refractivity contribution in [2.24, 2.45) is 0 Å². The van der Waals surface area contributed by atoms with Crippen molar-refractivity contribution in [2.45, 2.75) is 25.6 Å². The minimum Gasteiger partial charge on any atom is -0.497 e. The van der Waals surface area contributed by atoms with Crippen LogP contribution >= 0.6 is 0 Å². The van der Waals surface area contributed by atoms with E-state index in [1.165, 1.54) is 0 Å². The summed E-state index contributed by atoms with van der Waals surface area (Å²) in [5.41, 5.74) is 2.56. The zero-order valence-electron chi connectivity index (χ0n) is 20.1. The van der Waals surface area contributed by atoms with Crippen LogP contribution in [0.25, 0.3) is 10.9 Å². The van der Waals surface area contributed by atoms with Crippen LogP contribution in [0.2, 0.25) is 0 Å². The van der Waals surface area contributed by atoms with Gasteiger partial charge in [0.25, 0.3) is 0 Å². The lowest BCUT2D eigenvalue weighted by Gasteiger charge is -2.37. The SMILES string of the molecule is COc1ccc2c(c1)c([C@H](C(=O)O)N1CCN(Cc3ccc4c(c3)OCO4)CC1)cn2CCC(=O)O. The number of nitrogens with zero attached hydrogens (tertiary/aromatic N) is 3. The van der Waals surface area contributed by atoms with E-state index in [1.807, 2.05) is 39.8 Å². The Balaban J connectivity index is 1.35. The largest absolute Gasteiger partial charge is 0.497 e. The van der Waals surface area contributed by atoms with Gasteiger partial charge in [-0.2, -0.15) is 0 Å². The van der Waals surface area contributed by atoms with Gasteiger partial charge in [-0.05, 0) is 35.9 Å². The van der Waals surface area contributed by atoms with Crippen LogP contribution in [-0.2, 0) is 22.7 Å². The predicted octanol–water partition coefficient (Wildman–Crippen LogP) is 2.80. The molecule has 1 atom stereocenters. The first-order valence-corrected chi connectivity index (χ1v) is 11.9. The van der Waals surface area contributed by atoms with E-state index in [2.05, 4.69) is 4.90 Å². The fraction of sp³-hybridized carbons (Fsp3) is 0.385. The molecular weight excluding hydrogens is 466 g/mol. The summed E-state index contributed by atoms with van der Waals surface area (Å²) >= 11 is 0. The first-order chi connectivity index (χ1) is 17.4. The van der Waals surface area contributed by atoms with Gasteiger partial charge in [0.15, 0.2) is 11.5 Å². The monoisotopic (exact) mass is 495 g/mol. The maximum absolute atomic E-state index is 12.5. The minimum absolute atomic E-state index is 0.0501. The summed E-state index contributed by atoms with van der Waals surface area (Å²) < 4.78 is 18.1. The standard InChI is InChI=1S/C26H29N3O7/c1-34-18-3-4-21-19(13-18)20(15-29(21)7-6-24(30)31)25(26(32)33)28-10-8-27(9-11-28)14-17-2-5-22-23(12-17)36-16-35-22/h2-5,12-13,15,25H,6-11,14,16H2,1H3,(H,30,31)(H,32,33)/t25-/m1/s1. The Kier molecular flexibility index (Phi) is 6.71. The van der Waals surface area contributed by atoms with Crippen LogP contribution in [0.4, 0.5) is 0 Å². The number of carboxylic acid groups (broad SMARTS) is 2. The molecule has 10 nitrogen and oxygen atoms in total. The number of methoxy groups -OCH3 is 1. The molecule has 1 saturated heterocycles. The molecule has 10 heteroatoms. The predicted molar refractivity (Wildman–Crippen MR) is 131 cm³/mol. The summed E-state index contributed by atoms with van der Waals surface area (Å²) in [6.45, 7) is 3.87. The number of carboxylic acids is 2. The molecule has 0 saturated carbocycles. The van der Waals surface area contributed by atoms with Crippen LogP contribution < -0.4 is 14.2 Å². The molecule has 0 radical (unpaired) electrons. The number of hydrogen-bond donors (Lipinski definition) is 2. The van der Waals surface area contributed by atoms with Gasteiger partial charge in [-0.1, -0.05) is 6.07 Å². The van der Waals surface area contributed by atoms with Gasteiger partial charge in [0.05, 0.1) is 13.5 Å². The van der Waals surface area contributed by atoms with E-state index in [0.717, 1.165) is 47.6 Å². The second kappa shape index (κ2) is 10.1. The molecule has 1 fully saturated rings. The Labute approximate surface area is 208 Å². The lowest BCUT2D eigenvalue weighted by molar-refractivity contribution is -0.144. The number of ether oxygens (including phenoxy) is 3. The average Bonchev–Trinajstić information content (AvgIpc) is 3.48. The van der Waals surface area contributed by atoms with Crippen LogP contribution in [0.5, 0.6) is 17.2 Å². The molecular formula is C26H29N3O7. The van der Waals surface area contributed by atoms with Crippen molar-refractivity contribution in [2.75, 3.05) is 40.1 Å². The Morgan fingerprint density at radius 3 is 2.53 bits per heavy atom. The van der Waals surface area contributed by atoms with Gasteiger partial charge in [0.2, 0.25) is 6.79 Å². The molecule has 2 aliphatic heterocycles. The molecule has 190 valence electrons. The molecule has 5 rings (SSSR count). The van der Waals surface area contributed by atoms with Gasteiger partial charge in [-0.25, -0.2) is 0 Å². The third kappa shape index (κ3) is 4.82. The summed E-state index contributed by atoms with van der Waals surface area (Å²) in [5.74, 6) is 0.302. The van der Waals surface area contributed by atoms with Crippen LogP contribution in [0.3, 0.4) is 0 Å². The number of carbonyl (C=O) groups is 2. The quantitative estimate of drug-likeness (QED) is 0.463. The fourth-order valence-electron chi connectivity index (χ4n) is 5.01. The van der Waals surface area contributed by atoms with Crippen molar-refractivity contribution in [3.63, 3.8) is 0 Å². The van der Waals surface area contributed by atoms with Crippen molar-refractivity contribution in [3.05, 3.63) is 53.7 Å². The van der Waals surface area contributed by atoms with E-state index >= 15 is 0 Å². The molecule has 0 spiro atoms. The first kappa shape index (κ1) is 24.0. The van der Waals surface area contributed by atoms with Crippen LogP contribution in [-0.4, -0.2) is 76.6 Å². The van der Waals surface area contributed by atoms with Crippen LogP contribution in [0, 0.1) is 0 Å². The zero-order chi connectivity index (χ0) is 25.2. The van der Waals surface area contributed by atoms with E-state index < -0.39 is 18.0 Å². The highest BCUT2D eigenvalue weighted by atomic mass is 16.7. The number of benzene rings is 2. The van der Waals surface area contributed by atoms with Crippen molar-refractivity contribution in [1.29, 1.82) is 0 Å². The summed E-state index contributed by atoms with van der Waals surface area (Å²) in [7, 11) is 1.57. The number of rotatable bonds is 9. The van der Waals surface area contributed by atoms with Crippen molar-refractivity contribution in [3.8, 4) is 17.2 Å². The molecule has 2 N–H and O–H groups in total. The number of piperazine rings is 1. The number of fused-ring (bicyclic) bond motifs is 2. The van der Waals surface area contributed by atoms with Gasteiger partial charge in [0.1, 0.15) is 11.8 Å². The normalized spacial score (nSPS) is 16.8. The van der Waals surface area contributed by atoms with E-state index in [9.17, 15) is 14.7 Å². The van der Waals surface area contributed by atoms with Gasteiger partial charge in [-0.15, -0.1) is 0 Å². The maximum atomic E-state index is 12.5. The van der Waals surface area contributed by atoms with Crippen molar-refractivity contribution < 1.29 is 34.0 Å². The van der Waals surface area contributed by atoms with Gasteiger partial charge in [-0.3, -0.25) is 19.4 Å². The third-order valence-corrected chi connectivity index (χ3v) is 6.83. The summed E-state index contributed by atoms with van der Waals surface area (Å²) in [4.78, 5) is 28.0. The second-order valence-corrected chi connectivity index (χ2v) is 9.05. The van der Waals surface area contributed by atoms with E-state index in [0.29, 0.717) is 24.4 Å². The molecule has 1 aromatic heterocycles. The summed E-state index contributed by atoms with van der Waals surface area (Å²) in [5, 5.41) is 20.2. The maximum Gasteiger partial charge on any atom is 0.325 e.